The third kappa shape index (κ3) is 3.50. The maximum atomic E-state index is 12.8. The highest BCUT2D eigenvalue weighted by atomic mass is 16.5. The Labute approximate surface area is 174 Å². The molecule has 0 saturated heterocycles. The van der Waals surface area contributed by atoms with Gasteiger partial charge in [0.25, 0.3) is 5.56 Å². The van der Waals surface area contributed by atoms with Crippen molar-refractivity contribution in [2.45, 2.75) is 19.3 Å². The lowest BCUT2D eigenvalue weighted by Gasteiger charge is -2.26. The summed E-state index contributed by atoms with van der Waals surface area (Å²) >= 11 is 0. The number of rotatable bonds is 4. The Morgan fingerprint density at radius 2 is 1.40 bits per heavy atom. The molecule has 0 atom stereocenters. The summed E-state index contributed by atoms with van der Waals surface area (Å²) in [7, 11) is 1.52. The normalized spacial score (nSPS) is 11.4. The highest BCUT2D eigenvalue weighted by molar-refractivity contribution is 6.02. The Morgan fingerprint density at radius 1 is 0.833 bits per heavy atom. The molecule has 0 saturated carbocycles. The number of hydrogen-bond acceptors (Lipinski definition) is 4. The topological polar surface area (TPSA) is 61.2 Å². The smallest absolute Gasteiger partial charge is 0.364 e. The standard InChI is InChI=1S/C25H22N2O3/c1-25(2,17-9-5-4-6-10-17)18-13-15-19(16-14-18)30-24(29)22-20-11-7-8-12-21(20)23(28)27(3)26-22/h4-16H,1-3H3. The summed E-state index contributed by atoms with van der Waals surface area (Å²) in [6.45, 7) is 4.31. The van der Waals surface area contributed by atoms with Gasteiger partial charge in [-0.3, -0.25) is 4.79 Å². The quantitative estimate of drug-likeness (QED) is 0.376. The Morgan fingerprint density at radius 3 is 2.07 bits per heavy atom. The minimum absolute atomic E-state index is 0.112. The van der Waals surface area contributed by atoms with Gasteiger partial charge in [0.1, 0.15) is 5.75 Å². The minimum Gasteiger partial charge on any atom is -0.422 e. The second-order valence-electron chi connectivity index (χ2n) is 7.73. The first kappa shape index (κ1) is 19.6. The molecule has 0 amide bonds. The fourth-order valence-corrected chi connectivity index (χ4v) is 3.57. The summed E-state index contributed by atoms with van der Waals surface area (Å²) in [6.07, 6.45) is 0. The molecule has 5 heteroatoms. The Hall–Kier alpha value is -3.73. The van der Waals surface area contributed by atoms with E-state index >= 15 is 0 Å². The fourth-order valence-electron chi connectivity index (χ4n) is 3.57. The van der Waals surface area contributed by atoms with Crippen LogP contribution in [0.1, 0.15) is 35.5 Å². The lowest BCUT2D eigenvalue weighted by molar-refractivity contribution is 0.0728. The van der Waals surface area contributed by atoms with Crippen molar-refractivity contribution >= 4 is 16.7 Å². The minimum atomic E-state index is -0.600. The van der Waals surface area contributed by atoms with Crippen molar-refractivity contribution in [3.8, 4) is 5.75 Å². The van der Waals surface area contributed by atoms with Gasteiger partial charge in [-0.25, -0.2) is 9.48 Å². The largest absolute Gasteiger partial charge is 0.422 e. The molecule has 0 aliphatic carbocycles. The lowest BCUT2D eigenvalue weighted by Crippen LogP contribution is -2.24. The SMILES string of the molecule is Cn1nc(C(=O)Oc2ccc(C(C)(C)c3ccccc3)cc2)c2ccccc2c1=O. The van der Waals surface area contributed by atoms with Crippen LogP contribution >= 0.6 is 0 Å². The first-order valence-electron chi connectivity index (χ1n) is 9.72. The van der Waals surface area contributed by atoms with Crippen LogP contribution in [0.15, 0.2) is 83.7 Å². The fraction of sp³-hybridized carbons (Fsp3) is 0.160. The second kappa shape index (κ2) is 7.59. The van der Waals surface area contributed by atoms with E-state index in [0.29, 0.717) is 16.5 Å². The van der Waals surface area contributed by atoms with Crippen LogP contribution in [0.5, 0.6) is 5.75 Å². The van der Waals surface area contributed by atoms with E-state index < -0.39 is 5.97 Å². The van der Waals surface area contributed by atoms with Crippen LogP contribution in [0.4, 0.5) is 0 Å². The Bertz CT molecular complexity index is 1270. The predicted molar refractivity (Wildman–Crippen MR) is 117 cm³/mol. The molecule has 0 N–H and O–H groups in total. The molecule has 0 unspecified atom stereocenters. The number of aromatic nitrogens is 2. The first-order chi connectivity index (χ1) is 14.4. The monoisotopic (exact) mass is 398 g/mol. The highest BCUT2D eigenvalue weighted by Gasteiger charge is 2.23. The molecule has 0 aliphatic heterocycles. The van der Waals surface area contributed by atoms with Gasteiger partial charge in [0, 0.05) is 17.8 Å². The summed E-state index contributed by atoms with van der Waals surface area (Å²) in [5.74, 6) is -0.177. The number of benzene rings is 3. The van der Waals surface area contributed by atoms with E-state index in [1.165, 1.54) is 12.6 Å². The highest BCUT2D eigenvalue weighted by Crippen LogP contribution is 2.32. The molecular weight excluding hydrogens is 376 g/mol. The molecule has 1 heterocycles. The molecule has 5 nitrogen and oxygen atoms in total. The van der Waals surface area contributed by atoms with E-state index in [1.54, 1.807) is 36.4 Å². The molecule has 30 heavy (non-hydrogen) atoms. The number of fused-ring (bicyclic) bond motifs is 1. The van der Waals surface area contributed by atoms with Gasteiger partial charge in [-0.2, -0.15) is 5.10 Å². The van der Waals surface area contributed by atoms with Gasteiger partial charge < -0.3 is 4.74 Å². The van der Waals surface area contributed by atoms with Gasteiger partial charge in [-0.05, 0) is 29.3 Å². The third-order valence-electron chi connectivity index (χ3n) is 5.43. The maximum absolute atomic E-state index is 12.8. The van der Waals surface area contributed by atoms with Crippen molar-refractivity contribution < 1.29 is 9.53 Å². The van der Waals surface area contributed by atoms with Crippen molar-refractivity contribution in [3.05, 3.63) is 106 Å². The number of carbonyl (C=O) groups is 1. The van der Waals surface area contributed by atoms with E-state index in [-0.39, 0.29) is 16.7 Å². The summed E-state index contributed by atoms with van der Waals surface area (Å²) in [6, 6.07) is 24.6. The zero-order chi connectivity index (χ0) is 21.3. The zero-order valence-electron chi connectivity index (χ0n) is 17.1. The van der Waals surface area contributed by atoms with Crippen molar-refractivity contribution in [2.75, 3.05) is 0 Å². The summed E-state index contributed by atoms with van der Waals surface area (Å²) in [4.78, 5) is 25.1. The molecule has 0 bridgehead atoms. The molecule has 0 radical (unpaired) electrons. The van der Waals surface area contributed by atoms with Crippen LogP contribution in [0.3, 0.4) is 0 Å². The Kier molecular flexibility index (Phi) is 4.96. The molecule has 0 spiro atoms. The molecule has 0 fully saturated rings. The first-order valence-corrected chi connectivity index (χ1v) is 9.72. The predicted octanol–water partition coefficient (Wildman–Crippen LogP) is 4.48. The average Bonchev–Trinajstić information content (AvgIpc) is 2.77. The van der Waals surface area contributed by atoms with Gasteiger partial charge >= 0.3 is 5.97 Å². The van der Waals surface area contributed by atoms with Crippen LogP contribution in [-0.2, 0) is 12.5 Å². The molecule has 4 rings (SSSR count). The summed E-state index contributed by atoms with van der Waals surface area (Å²) in [5.41, 5.74) is 1.99. The second-order valence-corrected chi connectivity index (χ2v) is 7.73. The van der Waals surface area contributed by atoms with Crippen molar-refractivity contribution in [2.24, 2.45) is 7.05 Å². The van der Waals surface area contributed by atoms with Crippen LogP contribution in [-0.4, -0.2) is 15.7 Å². The molecule has 1 aromatic heterocycles. The Balaban J connectivity index is 1.62. The number of esters is 1. The molecule has 150 valence electrons. The van der Waals surface area contributed by atoms with Crippen molar-refractivity contribution in [3.63, 3.8) is 0 Å². The van der Waals surface area contributed by atoms with Crippen LogP contribution in [0.25, 0.3) is 10.8 Å². The van der Waals surface area contributed by atoms with Crippen LogP contribution < -0.4 is 10.3 Å². The van der Waals surface area contributed by atoms with Gasteiger partial charge in [0.15, 0.2) is 5.69 Å². The molecule has 0 aliphatic rings. The molecule has 3 aromatic carbocycles. The molecular formula is C25H22N2O3. The lowest BCUT2D eigenvalue weighted by atomic mass is 9.78. The van der Waals surface area contributed by atoms with Crippen molar-refractivity contribution in [1.29, 1.82) is 0 Å². The van der Waals surface area contributed by atoms with E-state index in [0.717, 1.165) is 10.2 Å². The van der Waals surface area contributed by atoms with E-state index in [9.17, 15) is 9.59 Å². The van der Waals surface area contributed by atoms with Gasteiger partial charge in [-0.1, -0.05) is 74.5 Å². The van der Waals surface area contributed by atoms with E-state index in [2.05, 4.69) is 31.1 Å². The third-order valence-corrected chi connectivity index (χ3v) is 5.43. The van der Waals surface area contributed by atoms with Gasteiger partial charge in [0.2, 0.25) is 0 Å². The van der Waals surface area contributed by atoms with E-state index in [1.807, 2.05) is 30.3 Å². The van der Waals surface area contributed by atoms with Crippen molar-refractivity contribution in [1.82, 2.24) is 9.78 Å². The number of nitrogens with zero attached hydrogens (tertiary/aromatic N) is 2. The average molecular weight is 398 g/mol. The summed E-state index contributed by atoms with van der Waals surface area (Å²) in [5, 5.41) is 5.03. The van der Waals surface area contributed by atoms with Crippen LogP contribution in [0, 0.1) is 0 Å². The number of hydrogen-bond donors (Lipinski definition) is 0. The summed E-state index contributed by atoms with van der Waals surface area (Å²) < 4.78 is 6.72. The van der Waals surface area contributed by atoms with Crippen LogP contribution in [0.2, 0.25) is 0 Å². The van der Waals surface area contributed by atoms with Gasteiger partial charge in [-0.15, -0.1) is 0 Å². The molecule has 4 aromatic rings. The number of ether oxygens (including phenoxy) is 1. The number of carbonyl (C=O) groups excluding carboxylic acids is 1. The number of aryl methyl sites for hydroxylation is 1. The zero-order valence-corrected chi connectivity index (χ0v) is 17.1. The van der Waals surface area contributed by atoms with Gasteiger partial charge in [0.05, 0.1) is 5.39 Å². The maximum Gasteiger partial charge on any atom is 0.364 e. The van der Waals surface area contributed by atoms with E-state index in [4.69, 9.17) is 4.74 Å².